The molecule has 2 N–H and O–H groups in total. The minimum Gasteiger partial charge on any atom is -0.502 e. The van der Waals surface area contributed by atoms with Gasteiger partial charge in [0, 0.05) is 19.2 Å². The number of nitrogens with zero attached hydrogens (tertiary/aromatic N) is 2. The van der Waals surface area contributed by atoms with Gasteiger partial charge in [-0.15, -0.1) is 0 Å². The van der Waals surface area contributed by atoms with Gasteiger partial charge in [0.1, 0.15) is 5.75 Å². The number of likely N-dealkylation sites (tertiary alicyclic amines) is 1. The van der Waals surface area contributed by atoms with Crippen LogP contribution in [-0.4, -0.2) is 40.7 Å². The van der Waals surface area contributed by atoms with Crippen molar-refractivity contribution in [3.63, 3.8) is 0 Å². The minimum atomic E-state index is -0.635. The predicted molar refractivity (Wildman–Crippen MR) is 129 cm³/mol. The highest BCUT2D eigenvalue weighted by Crippen LogP contribution is 2.32. The summed E-state index contributed by atoms with van der Waals surface area (Å²) in [6, 6.07) is 19.3. The summed E-state index contributed by atoms with van der Waals surface area (Å²) >= 11 is 0. The zero-order chi connectivity index (χ0) is 23.9. The second kappa shape index (κ2) is 10.8. The number of carbonyl (C=O) groups excluding carboxylic acids is 1. The van der Waals surface area contributed by atoms with Crippen LogP contribution in [0.5, 0.6) is 11.5 Å². The summed E-state index contributed by atoms with van der Waals surface area (Å²) in [6.45, 7) is 3.80. The Hall–Kier alpha value is -3.91. The Labute approximate surface area is 197 Å². The molecule has 0 saturated carbocycles. The van der Waals surface area contributed by atoms with Crippen molar-refractivity contribution in [2.45, 2.75) is 25.8 Å². The molecular formula is C26H27N3O5. The molecule has 1 amide bonds. The largest absolute Gasteiger partial charge is 0.502 e. The summed E-state index contributed by atoms with van der Waals surface area (Å²) in [6.07, 6.45) is 2.73. The molecule has 4 rings (SSSR count). The molecule has 8 nitrogen and oxygen atoms in total. The van der Waals surface area contributed by atoms with Crippen LogP contribution in [0.4, 0.5) is 10.5 Å². The van der Waals surface area contributed by atoms with Crippen LogP contribution in [0.2, 0.25) is 0 Å². The Balaban J connectivity index is 1.24. The number of ether oxygens (including phenoxy) is 1. The van der Waals surface area contributed by atoms with Gasteiger partial charge in [-0.25, -0.2) is 4.79 Å². The molecule has 0 unspecified atom stereocenters. The van der Waals surface area contributed by atoms with E-state index in [1.165, 1.54) is 43.6 Å². The highest BCUT2D eigenvalue weighted by Gasteiger charge is 2.15. The number of benzene rings is 3. The number of aromatic hydroxyl groups is 1. The van der Waals surface area contributed by atoms with Crippen LogP contribution in [-0.2, 0) is 13.0 Å². The zero-order valence-corrected chi connectivity index (χ0v) is 18.8. The molecule has 0 aliphatic carbocycles. The summed E-state index contributed by atoms with van der Waals surface area (Å²) < 4.78 is 5.31. The Morgan fingerprint density at radius 1 is 0.971 bits per heavy atom. The third-order valence-electron chi connectivity index (χ3n) is 5.88. The van der Waals surface area contributed by atoms with Crippen molar-refractivity contribution >= 4 is 11.8 Å². The van der Waals surface area contributed by atoms with Crippen LogP contribution in [0.15, 0.2) is 66.7 Å². The van der Waals surface area contributed by atoms with Crippen LogP contribution >= 0.6 is 0 Å². The first-order valence-corrected chi connectivity index (χ1v) is 11.3. The van der Waals surface area contributed by atoms with Gasteiger partial charge in [-0.05, 0) is 72.8 Å². The molecule has 0 atom stereocenters. The first kappa shape index (κ1) is 23.3. The first-order chi connectivity index (χ1) is 16.5. The lowest BCUT2D eigenvalue weighted by Gasteiger charge is -2.14. The summed E-state index contributed by atoms with van der Waals surface area (Å²) in [7, 11) is 0. The third-order valence-corrected chi connectivity index (χ3v) is 5.88. The van der Waals surface area contributed by atoms with Crippen LogP contribution in [0.25, 0.3) is 11.1 Å². The van der Waals surface area contributed by atoms with E-state index in [0.29, 0.717) is 29.8 Å². The van der Waals surface area contributed by atoms with E-state index in [-0.39, 0.29) is 11.4 Å². The fourth-order valence-corrected chi connectivity index (χ4v) is 4.03. The predicted octanol–water partition coefficient (Wildman–Crippen LogP) is 4.89. The summed E-state index contributed by atoms with van der Waals surface area (Å²) in [5, 5.41) is 23.4. The summed E-state index contributed by atoms with van der Waals surface area (Å²) in [5.41, 5.74) is 3.37. The highest BCUT2D eigenvalue weighted by atomic mass is 16.6. The van der Waals surface area contributed by atoms with Gasteiger partial charge in [0.2, 0.25) is 0 Å². The smallest absolute Gasteiger partial charge is 0.412 e. The number of hydrogen-bond donors (Lipinski definition) is 2. The van der Waals surface area contributed by atoms with Gasteiger partial charge in [-0.1, -0.05) is 42.5 Å². The van der Waals surface area contributed by atoms with Gasteiger partial charge in [-0.2, -0.15) is 0 Å². The second-order valence-corrected chi connectivity index (χ2v) is 8.35. The molecule has 34 heavy (non-hydrogen) atoms. The van der Waals surface area contributed by atoms with Crippen molar-refractivity contribution in [3.05, 3.63) is 88.0 Å². The van der Waals surface area contributed by atoms with Crippen molar-refractivity contribution in [1.82, 2.24) is 10.2 Å². The summed E-state index contributed by atoms with van der Waals surface area (Å²) in [4.78, 5) is 25.0. The lowest BCUT2D eigenvalue weighted by Crippen LogP contribution is -2.28. The normalized spacial score (nSPS) is 13.5. The maximum Gasteiger partial charge on any atom is 0.412 e. The van der Waals surface area contributed by atoms with E-state index in [9.17, 15) is 20.0 Å². The maximum absolute atomic E-state index is 12.1. The Kier molecular flexibility index (Phi) is 7.39. The Bertz CT molecular complexity index is 1140. The van der Waals surface area contributed by atoms with Gasteiger partial charge in [0.05, 0.1) is 4.92 Å². The zero-order valence-electron chi connectivity index (χ0n) is 18.8. The quantitative estimate of drug-likeness (QED) is 0.365. The molecule has 1 saturated heterocycles. The van der Waals surface area contributed by atoms with Gasteiger partial charge in [0.15, 0.2) is 5.75 Å². The average molecular weight is 462 g/mol. The van der Waals surface area contributed by atoms with Crippen molar-refractivity contribution in [3.8, 4) is 22.6 Å². The van der Waals surface area contributed by atoms with E-state index in [2.05, 4.69) is 34.5 Å². The first-order valence-electron chi connectivity index (χ1n) is 11.3. The van der Waals surface area contributed by atoms with Crippen molar-refractivity contribution in [1.29, 1.82) is 0 Å². The molecule has 0 radical (unpaired) electrons. The van der Waals surface area contributed by atoms with Crippen LogP contribution in [0.3, 0.4) is 0 Å². The van der Waals surface area contributed by atoms with E-state index in [1.807, 2.05) is 0 Å². The number of phenolic OH excluding ortho intramolecular Hbond substituents is 1. The molecule has 1 fully saturated rings. The van der Waals surface area contributed by atoms with Crippen molar-refractivity contribution in [2.24, 2.45) is 0 Å². The van der Waals surface area contributed by atoms with Crippen LogP contribution in [0, 0.1) is 10.1 Å². The molecule has 8 heteroatoms. The van der Waals surface area contributed by atoms with E-state index in [0.717, 1.165) is 12.1 Å². The molecule has 176 valence electrons. The molecule has 3 aromatic rings. The molecule has 0 spiro atoms. The fourth-order valence-electron chi connectivity index (χ4n) is 4.03. The fraction of sp³-hybridized carbons (Fsp3) is 0.269. The van der Waals surface area contributed by atoms with E-state index in [1.54, 1.807) is 30.3 Å². The average Bonchev–Trinajstić information content (AvgIpc) is 3.34. The molecule has 1 aliphatic heterocycles. The maximum atomic E-state index is 12.1. The van der Waals surface area contributed by atoms with E-state index < -0.39 is 11.0 Å². The van der Waals surface area contributed by atoms with E-state index in [4.69, 9.17) is 4.74 Å². The molecule has 3 aromatic carbocycles. The van der Waals surface area contributed by atoms with Crippen LogP contribution in [0.1, 0.15) is 24.0 Å². The lowest BCUT2D eigenvalue weighted by molar-refractivity contribution is -0.385. The monoisotopic (exact) mass is 461 g/mol. The minimum absolute atomic E-state index is 0.362. The molecule has 0 aromatic heterocycles. The third kappa shape index (κ3) is 6.11. The number of nitro benzene ring substituents is 1. The standard InChI is InChI=1S/C26H27N3O5/c30-25-12-9-22(17-24(25)29(32)33)21-7-10-23(11-8-21)34-26(31)27-14-13-19-3-5-20(6-4-19)18-28-15-1-2-16-28/h3-12,17,30H,1-2,13-16,18H2,(H,27,31). The molecule has 0 bridgehead atoms. The van der Waals surface area contributed by atoms with Crippen molar-refractivity contribution in [2.75, 3.05) is 19.6 Å². The molecule has 1 heterocycles. The number of phenols is 1. The van der Waals surface area contributed by atoms with Gasteiger partial charge >= 0.3 is 11.8 Å². The highest BCUT2D eigenvalue weighted by molar-refractivity contribution is 5.72. The van der Waals surface area contributed by atoms with Gasteiger partial charge in [-0.3, -0.25) is 15.0 Å². The van der Waals surface area contributed by atoms with Crippen LogP contribution < -0.4 is 10.1 Å². The number of nitrogens with one attached hydrogen (secondary N) is 1. The Morgan fingerprint density at radius 2 is 1.62 bits per heavy atom. The summed E-state index contributed by atoms with van der Waals surface area (Å²) in [5.74, 6) is -0.0239. The number of nitro groups is 1. The van der Waals surface area contributed by atoms with Crippen molar-refractivity contribution < 1.29 is 19.6 Å². The Morgan fingerprint density at radius 3 is 2.29 bits per heavy atom. The topological polar surface area (TPSA) is 105 Å². The molecular weight excluding hydrogens is 434 g/mol. The number of amides is 1. The lowest BCUT2D eigenvalue weighted by atomic mass is 10.0. The molecule has 1 aliphatic rings. The van der Waals surface area contributed by atoms with E-state index >= 15 is 0 Å². The number of rotatable bonds is 8. The number of hydrogen-bond acceptors (Lipinski definition) is 6. The van der Waals surface area contributed by atoms with Gasteiger partial charge in [0.25, 0.3) is 0 Å². The van der Waals surface area contributed by atoms with Gasteiger partial charge < -0.3 is 15.2 Å². The number of carbonyl (C=O) groups is 1. The second-order valence-electron chi connectivity index (χ2n) is 8.35. The SMILES string of the molecule is O=C(NCCc1ccc(CN2CCCC2)cc1)Oc1ccc(-c2ccc(O)c([N+](=O)[O-])c2)cc1.